The summed E-state index contributed by atoms with van der Waals surface area (Å²) in [5.41, 5.74) is 1.00. The molecule has 0 saturated carbocycles. The molecule has 50 heavy (non-hydrogen) atoms. The average Bonchev–Trinajstić information content (AvgIpc) is 3.55. The van der Waals surface area contributed by atoms with Gasteiger partial charge in [0.05, 0.1) is 31.2 Å². The van der Waals surface area contributed by atoms with Gasteiger partial charge in [-0.3, -0.25) is 9.13 Å². The Labute approximate surface area is 289 Å². The summed E-state index contributed by atoms with van der Waals surface area (Å²) in [6, 6.07) is 5.41. The normalized spacial score (nSPS) is 20.3. The third-order valence-electron chi connectivity index (χ3n) is 7.27. The first-order valence-electron chi connectivity index (χ1n) is 15.2. The third kappa shape index (κ3) is 9.35. The molecule has 1 fully saturated rings. The van der Waals surface area contributed by atoms with Crippen LogP contribution in [0.3, 0.4) is 0 Å². The van der Waals surface area contributed by atoms with Crippen molar-refractivity contribution in [3.8, 4) is 0 Å². The van der Waals surface area contributed by atoms with Crippen molar-refractivity contribution in [3.63, 3.8) is 0 Å². The van der Waals surface area contributed by atoms with Crippen LogP contribution < -0.4 is 5.32 Å². The van der Waals surface area contributed by atoms with E-state index in [0.717, 1.165) is 5.56 Å². The molecule has 1 aliphatic rings. The zero-order valence-corrected chi connectivity index (χ0v) is 29.2. The van der Waals surface area contributed by atoms with Gasteiger partial charge in [0.2, 0.25) is 10.6 Å². The molecule has 0 unspecified atom stereocenters. The number of ether oxygens (including phenoxy) is 6. The Hall–Kier alpha value is -3.68. The zero-order valence-electron chi connectivity index (χ0n) is 27.5. The van der Waals surface area contributed by atoms with Gasteiger partial charge < -0.3 is 53.7 Å². The second-order valence-corrected chi connectivity index (χ2v) is 14.1. The van der Waals surface area contributed by atoms with Crippen molar-refractivity contribution in [2.75, 3.05) is 25.1 Å². The molecule has 4 rings (SSSR count). The molecular weight excluding hydrogens is 712 g/mol. The van der Waals surface area contributed by atoms with Crippen LogP contribution in [0.1, 0.15) is 52.5 Å². The van der Waals surface area contributed by atoms with Crippen molar-refractivity contribution in [1.29, 1.82) is 0 Å². The van der Waals surface area contributed by atoms with Gasteiger partial charge >= 0.3 is 19.9 Å². The summed E-state index contributed by atoms with van der Waals surface area (Å²) in [4.78, 5) is 57.6. The number of anilines is 1. The molecule has 21 heteroatoms. The highest BCUT2D eigenvalue weighted by atomic mass is 35.5. The first-order valence-corrected chi connectivity index (χ1v) is 17.2. The largest absolute Gasteiger partial charge is 0.508 e. The number of aromatic nitrogens is 4. The Morgan fingerprint density at radius 1 is 1.02 bits per heavy atom. The van der Waals surface area contributed by atoms with Gasteiger partial charge in [-0.2, -0.15) is 9.97 Å². The number of rotatable bonds is 14. The number of carbonyl (C=O) groups excluding carboxylic acids is 2. The molecular formula is C29H38ClFN5O13P. The van der Waals surface area contributed by atoms with E-state index in [0.29, 0.717) is 0 Å². The number of halogens is 2. The van der Waals surface area contributed by atoms with Crippen LogP contribution in [0.5, 0.6) is 0 Å². The quantitative estimate of drug-likeness (QED) is 0.0900. The fourth-order valence-electron chi connectivity index (χ4n) is 4.72. The Kier molecular flexibility index (Phi) is 12.6. The minimum atomic E-state index is -5.48. The molecule has 3 aromatic rings. The van der Waals surface area contributed by atoms with Crippen LogP contribution in [0, 0.1) is 5.82 Å². The molecule has 0 bridgehead atoms. The third-order valence-corrected chi connectivity index (χ3v) is 8.89. The number of fused-ring (bicyclic) bond motifs is 1. The van der Waals surface area contributed by atoms with E-state index in [1.807, 2.05) is 0 Å². The van der Waals surface area contributed by atoms with Crippen LogP contribution in [0.2, 0.25) is 5.28 Å². The summed E-state index contributed by atoms with van der Waals surface area (Å²) >= 11 is 6.22. The minimum absolute atomic E-state index is 0.0790. The van der Waals surface area contributed by atoms with E-state index in [1.165, 1.54) is 50.7 Å². The smallest absolute Gasteiger partial charge is 0.432 e. The maximum Gasteiger partial charge on any atom is 0.508 e. The van der Waals surface area contributed by atoms with E-state index in [2.05, 4.69) is 20.3 Å². The van der Waals surface area contributed by atoms with E-state index >= 15 is 0 Å². The van der Waals surface area contributed by atoms with Gasteiger partial charge in [0, 0.05) is 0 Å². The second kappa shape index (κ2) is 16.1. The van der Waals surface area contributed by atoms with Crippen molar-refractivity contribution < 1.29 is 67.0 Å². The molecule has 1 aliphatic heterocycles. The summed E-state index contributed by atoms with van der Waals surface area (Å²) in [6.45, 7) is 4.68. The van der Waals surface area contributed by atoms with Gasteiger partial charge in [-0.05, 0) is 63.9 Å². The summed E-state index contributed by atoms with van der Waals surface area (Å²) < 4.78 is 58.4. The van der Waals surface area contributed by atoms with Gasteiger partial charge in [-0.1, -0.05) is 12.1 Å². The summed E-state index contributed by atoms with van der Waals surface area (Å²) in [7, 11) is -5.48. The lowest BCUT2D eigenvalue weighted by atomic mass is 10.1. The molecule has 0 radical (unpaired) electrons. The number of benzene rings is 1. The summed E-state index contributed by atoms with van der Waals surface area (Å²) in [5, 5.41) is 22.0. The molecule has 18 nitrogen and oxygen atoms in total. The number of hydrogen-bond acceptors (Lipinski definition) is 15. The highest BCUT2D eigenvalue weighted by molar-refractivity contribution is 7.53. The molecule has 1 aromatic carbocycles. The Balaban J connectivity index is 1.56. The summed E-state index contributed by atoms with van der Waals surface area (Å²) in [6.07, 6.45) is -8.85. The maximum absolute atomic E-state index is 13.4. The number of carbonyl (C=O) groups is 2. The number of hydrogen-bond donors (Lipinski definition) is 5. The number of aliphatic hydroxyl groups excluding tert-OH is 2. The standard InChI is InChI=1S/C29H38ClFN5O13P/c1-14(2)47-27(39)44-11-29(50(41,42)43,12-45-28(40)48-15(3)4)46-10-19-21(37)22(38)25(49-19)36-13-32-20-23(34-26(30)35-24(20)36)33-16(5)17-6-8-18(31)9-7-17/h6-9,13-16,19,21-22,25,37-38H,10-12H2,1-5H3,(H,33,34,35)(H2,41,42,43)/t16-,19+,21+,22+,25+/m0/s1. The lowest BCUT2D eigenvalue weighted by molar-refractivity contribution is -0.129. The van der Waals surface area contributed by atoms with Crippen LogP contribution in [-0.4, -0.2) is 108 Å². The van der Waals surface area contributed by atoms with E-state index in [4.69, 9.17) is 40.0 Å². The monoisotopic (exact) mass is 749 g/mol. The van der Waals surface area contributed by atoms with Crippen LogP contribution in [0.25, 0.3) is 11.2 Å². The SMILES string of the molecule is CC(C)OC(=O)OCC(COC(=O)OC(C)C)(OC[C@H]1O[C@@H](n2cnc3c(N[C@@H](C)c4ccc(F)cc4)nc(Cl)nc32)[C@H](O)[C@@H]1O)P(=O)(O)O. The predicted molar refractivity (Wildman–Crippen MR) is 171 cm³/mol. The van der Waals surface area contributed by atoms with E-state index in [9.17, 15) is 38.5 Å². The Morgan fingerprint density at radius 3 is 2.14 bits per heavy atom. The molecule has 0 spiro atoms. The van der Waals surface area contributed by atoms with Crippen molar-refractivity contribution in [2.45, 2.75) is 82.8 Å². The Bertz CT molecular complexity index is 1670. The van der Waals surface area contributed by atoms with Crippen LogP contribution in [0.15, 0.2) is 30.6 Å². The lowest BCUT2D eigenvalue weighted by Crippen LogP contribution is -2.47. The number of nitrogens with one attached hydrogen (secondary N) is 1. The van der Waals surface area contributed by atoms with Gasteiger partial charge in [0.1, 0.15) is 37.3 Å². The molecule has 0 aliphatic carbocycles. The molecule has 5 atom stereocenters. The number of aliphatic hydroxyl groups is 2. The highest BCUT2D eigenvalue weighted by Crippen LogP contribution is 2.52. The first-order chi connectivity index (χ1) is 23.4. The minimum Gasteiger partial charge on any atom is -0.432 e. The number of nitrogens with zero attached hydrogens (tertiary/aromatic N) is 4. The maximum atomic E-state index is 13.4. The van der Waals surface area contributed by atoms with E-state index < -0.39 is 87.6 Å². The van der Waals surface area contributed by atoms with Crippen molar-refractivity contribution in [3.05, 3.63) is 47.3 Å². The van der Waals surface area contributed by atoms with Gasteiger partial charge in [-0.15, -0.1) is 0 Å². The molecule has 5 N–H and O–H groups in total. The fourth-order valence-corrected chi connectivity index (χ4v) is 5.60. The van der Waals surface area contributed by atoms with Gasteiger partial charge in [-0.25, -0.2) is 19.0 Å². The predicted octanol–water partition coefficient (Wildman–Crippen LogP) is 3.42. The van der Waals surface area contributed by atoms with Gasteiger partial charge in [0.25, 0.3) is 0 Å². The van der Waals surface area contributed by atoms with Crippen LogP contribution in [0.4, 0.5) is 19.8 Å². The molecule has 2 aromatic heterocycles. The fraction of sp³-hybridized carbons (Fsp3) is 0.552. The summed E-state index contributed by atoms with van der Waals surface area (Å²) in [5.74, 6) is -0.207. The average molecular weight is 750 g/mol. The molecule has 1 saturated heterocycles. The van der Waals surface area contributed by atoms with Crippen molar-refractivity contribution >= 4 is 48.5 Å². The Morgan fingerprint density at radius 2 is 1.60 bits per heavy atom. The van der Waals surface area contributed by atoms with Crippen LogP contribution in [-0.2, 0) is 33.0 Å². The molecule has 3 heterocycles. The zero-order chi connectivity index (χ0) is 37.0. The molecule has 0 amide bonds. The highest BCUT2D eigenvalue weighted by Gasteiger charge is 2.54. The topological polar surface area (TPSA) is 243 Å². The van der Waals surface area contributed by atoms with E-state index in [-0.39, 0.29) is 28.3 Å². The van der Waals surface area contributed by atoms with Crippen molar-refractivity contribution in [1.82, 2.24) is 19.5 Å². The van der Waals surface area contributed by atoms with Gasteiger partial charge in [0.15, 0.2) is 23.2 Å². The second-order valence-electron chi connectivity index (χ2n) is 11.8. The first kappa shape index (κ1) is 39.1. The van der Waals surface area contributed by atoms with E-state index in [1.54, 1.807) is 19.1 Å². The molecule has 276 valence electrons. The lowest BCUT2D eigenvalue weighted by Gasteiger charge is -2.33. The number of imidazole rings is 1. The van der Waals surface area contributed by atoms with Crippen molar-refractivity contribution in [2.24, 2.45) is 0 Å². The van der Waals surface area contributed by atoms with Crippen LogP contribution >= 0.6 is 19.2 Å².